The Hall–Kier alpha value is -3.27. The number of nitrogens with zero attached hydrogens (tertiary/aromatic N) is 3. The summed E-state index contributed by atoms with van der Waals surface area (Å²) in [5.41, 5.74) is 3.00. The minimum Gasteiger partial charge on any atom is -0.438 e. The first-order valence-electron chi connectivity index (χ1n) is 7.39. The van der Waals surface area contributed by atoms with Crippen LogP contribution in [0.25, 0.3) is 44.2 Å². The van der Waals surface area contributed by atoms with Crippen LogP contribution in [0.5, 0.6) is 0 Å². The van der Waals surface area contributed by atoms with Crippen molar-refractivity contribution in [2.45, 2.75) is 0 Å². The Bertz CT molecular complexity index is 1170. The molecule has 0 saturated heterocycles. The predicted molar refractivity (Wildman–Crippen MR) is 90.0 cm³/mol. The Balaban J connectivity index is 1.81. The summed E-state index contributed by atoms with van der Waals surface area (Å²) < 4.78 is 5.87. The highest BCUT2D eigenvalue weighted by Gasteiger charge is 2.12. The van der Waals surface area contributed by atoms with E-state index in [1.807, 2.05) is 60.7 Å². The molecule has 3 heterocycles. The minimum atomic E-state index is 0.624. The molecule has 0 atom stereocenters. The van der Waals surface area contributed by atoms with Crippen molar-refractivity contribution in [3.8, 4) is 11.4 Å². The number of rotatable bonds is 1. The molecule has 23 heavy (non-hydrogen) atoms. The number of hydrogen-bond acceptors (Lipinski definition) is 4. The highest BCUT2D eigenvalue weighted by molar-refractivity contribution is 6.04. The first kappa shape index (κ1) is 12.3. The summed E-state index contributed by atoms with van der Waals surface area (Å²) >= 11 is 0. The van der Waals surface area contributed by atoms with Gasteiger partial charge in [-0.2, -0.15) is 5.10 Å². The molecule has 2 aromatic carbocycles. The molecule has 0 bridgehead atoms. The SMILES string of the molecule is c1ccc2c(-c3ccc4c(n3)oc3ccccc34)nncc2c1. The molecule has 0 fully saturated rings. The molecule has 4 nitrogen and oxygen atoms in total. The fraction of sp³-hybridized carbons (Fsp3) is 0. The van der Waals surface area contributed by atoms with E-state index in [0.717, 1.165) is 38.5 Å². The van der Waals surface area contributed by atoms with Crippen molar-refractivity contribution in [2.24, 2.45) is 0 Å². The Morgan fingerprint density at radius 1 is 0.739 bits per heavy atom. The first-order chi connectivity index (χ1) is 11.4. The van der Waals surface area contributed by atoms with Gasteiger partial charge in [0.15, 0.2) is 0 Å². The van der Waals surface area contributed by atoms with Gasteiger partial charge < -0.3 is 4.42 Å². The molecule has 0 aliphatic heterocycles. The Morgan fingerprint density at radius 3 is 2.52 bits per heavy atom. The van der Waals surface area contributed by atoms with E-state index in [0.29, 0.717) is 5.71 Å². The maximum absolute atomic E-state index is 5.87. The van der Waals surface area contributed by atoms with Gasteiger partial charge in [-0.15, -0.1) is 5.10 Å². The predicted octanol–water partition coefficient (Wildman–Crippen LogP) is 4.59. The van der Waals surface area contributed by atoms with Crippen molar-refractivity contribution in [1.82, 2.24) is 15.2 Å². The van der Waals surface area contributed by atoms with Crippen molar-refractivity contribution >= 4 is 32.8 Å². The third-order valence-electron chi connectivity index (χ3n) is 4.06. The van der Waals surface area contributed by atoms with Gasteiger partial charge in [0, 0.05) is 21.5 Å². The number of para-hydroxylation sites is 1. The molecule has 0 radical (unpaired) electrons. The molecule has 0 amide bonds. The summed E-state index contributed by atoms with van der Waals surface area (Å²) in [6, 6.07) is 20.0. The summed E-state index contributed by atoms with van der Waals surface area (Å²) in [6.07, 6.45) is 1.76. The largest absolute Gasteiger partial charge is 0.438 e. The van der Waals surface area contributed by atoms with Crippen LogP contribution in [0.2, 0.25) is 0 Å². The highest BCUT2D eigenvalue weighted by atomic mass is 16.3. The number of hydrogen-bond donors (Lipinski definition) is 0. The molecule has 5 rings (SSSR count). The molecule has 5 aromatic rings. The van der Waals surface area contributed by atoms with E-state index in [4.69, 9.17) is 4.42 Å². The fourth-order valence-electron chi connectivity index (χ4n) is 2.95. The van der Waals surface area contributed by atoms with Gasteiger partial charge in [0.2, 0.25) is 5.71 Å². The normalized spacial score (nSPS) is 11.5. The van der Waals surface area contributed by atoms with E-state index >= 15 is 0 Å². The number of fused-ring (bicyclic) bond motifs is 4. The molecular formula is C19H11N3O. The molecule has 108 valence electrons. The molecule has 4 heteroatoms. The maximum atomic E-state index is 5.87. The zero-order chi connectivity index (χ0) is 15.2. The van der Waals surface area contributed by atoms with E-state index < -0.39 is 0 Å². The number of pyridine rings is 1. The highest BCUT2D eigenvalue weighted by Crippen LogP contribution is 2.30. The molecule has 0 aliphatic carbocycles. The summed E-state index contributed by atoms with van der Waals surface area (Å²) in [5, 5.41) is 12.5. The van der Waals surface area contributed by atoms with Gasteiger partial charge in [0.1, 0.15) is 11.3 Å². The van der Waals surface area contributed by atoms with E-state index in [1.165, 1.54) is 0 Å². The van der Waals surface area contributed by atoms with Gasteiger partial charge in [-0.05, 0) is 18.2 Å². The van der Waals surface area contributed by atoms with Gasteiger partial charge in [-0.1, -0.05) is 42.5 Å². The second-order valence-electron chi connectivity index (χ2n) is 5.43. The average Bonchev–Trinajstić information content (AvgIpc) is 2.99. The van der Waals surface area contributed by atoms with Crippen LogP contribution in [0.4, 0.5) is 0 Å². The lowest BCUT2D eigenvalue weighted by atomic mass is 10.1. The zero-order valence-electron chi connectivity index (χ0n) is 12.1. The summed E-state index contributed by atoms with van der Waals surface area (Å²) in [6.45, 7) is 0. The lowest BCUT2D eigenvalue weighted by Crippen LogP contribution is -1.91. The van der Waals surface area contributed by atoms with Gasteiger partial charge >= 0.3 is 0 Å². The monoisotopic (exact) mass is 297 g/mol. The van der Waals surface area contributed by atoms with E-state index in [1.54, 1.807) is 6.20 Å². The smallest absolute Gasteiger partial charge is 0.227 e. The van der Waals surface area contributed by atoms with Gasteiger partial charge in [-0.25, -0.2) is 4.98 Å². The van der Waals surface area contributed by atoms with Crippen molar-refractivity contribution in [3.63, 3.8) is 0 Å². The summed E-state index contributed by atoms with van der Waals surface area (Å²) in [7, 11) is 0. The molecule has 0 unspecified atom stereocenters. The van der Waals surface area contributed by atoms with Crippen LogP contribution in [0.15, 0.2) is 71.3 Å². The Labute approximate surface area is 131 Å². The van der Waals surface area contributed by atoms with Crippen LogP contribution >= 0.6 is 0 Å². The molecule has 0 saturated carbocycles. The van der Waals surface area contributed by atoms with Crippen LogP contribution in [-0.2, 0) is 0 Å². The average molecular weight is 297 g/mol. The summed E-state index contributed by atoms with van der Waals surface area (Å²) in [5.74, 6) is 0. The lowest BCUT2D eigenvalue weighted by molar-refractivity contribution is 0.654. The van der Waals surface area contributed by atoms with E-state index in [-0.39, 0.29) is 0 Å². The first-order valence-corrected chi connectivity index (χ1v) is 7.39. The van der Waals surface area contributed by atoms with Crippen LogP contribution in [0.1, 0.15) is 0 Å². The quantitative estimate of drug-likeness (QED) is 0.454. The Kier molecular flexibility index (Phi) is 2.46. The van der Waals surface area contributed by atoms with E-state index in [2.05, 4.69) is 15.2 Å². The van der Waals surface area contributed by atoms with Crippen LogP contribution in [0.3, 0.4) is 0 Å². The minimum absolute atomic E-state index is 0.624. The fourth-order valence-corrected chi connectivity index (χ4v) is 2.95. The molecule has 3 aromatic heterocycles. The van der Waals surface area contributed by atoms with Crippen molar-refractivity contribution in [3.05, 3.63) is 66.9 Å². The third-order valence-corrected chi connectivity index (χ3v) is 4.06. The number of furan rings is 1. The van der Waals surface area contributed by atoms with Crippen molar-refractivity contribution < 1.29 is 4.42 Å². The maximum Gasteiger partial charge on any atom is 0.227 e. The standard InChI is InChI=1S/C19H11N3O/c1-2-6-13-12(5-1)11-20-22-18(13)16-10-9-15-14-7-3-4-8-17(14)23-19(15)21-16/h1-11H. The zero-order valence-corrected chi connectivity index (χ0v) is 12.1. The Morgan fingerprint density at radius 2 is 1.57 bits per heavy atom. The molecule has 0 aliphatic rings. The molecular weight excluding hydrogens is 286 g/mol. The van der Waals surface area contributed by atoms with Gasteiger partial charge in [0.25, 0.3) is 0 Å². The van der Waals surface area contributed by atoms with Gasteiger partial charge in [-0.3, -0.25) is 0 Å². The second-order valence-corrected chi connectivity index (χ2v) is 5.43. The molecule has 0 N–H and O–H groups in total. The second kappa shape index (κ2) is 4.61. The van der Waals surface area contributed by atoms with Crippen molar-refractivity contribution in [1.29, 1.82) is 0 Å². The van der Waals surface area contributed by atoms with Crippen LogP contribution in [0, 0.1) is 0 Å². The molecule has 0 spiro atoms. The summed E-state index contributed by atoms with van der Waals surface area (Å²) in [4.78, 5) is 4.66. The topological polar surface area (TPSA) is 51.8 Å². The lowest BCUT2D eigenvalue weighted by Gasteiger charge is -2.03. The number of benzene rings is 2. The van der Waals surface area contributed by atoms with Crippen LogP contribution < -0.4 is 0 Å². The van der Waals surface area contributed by atoms with Crippen molar-refractivity contribution in [2.75, 3.05) is 0 Å². The van der Waals surface area contributed by atoms with E-state index in [9.17, 15) is 0 Å². The third kappa shape index (κ3) is 1.82. The van der Waals surface area contributed by atoms with Gasteiger partial charge in [0.05, 0.1) is 11.9 Å². The number of aromatic nitrogens is 3. The van der Waals surface area contributed by atoms with Crippen LogP contribution in [-0.4, -0.2) is 15.2 Å².